The van der Waals surface area contributed by atoms with Gasteiger partial charge in [0.25, 0.3) is 15.9 Å². The number of carbonyl (C=O) groups excluding carboxylic acids is 1. The van der Waals surface area contributed by atoms with Crippen molar-refractivity contribution in [3.8, 4) is 5.75 Å². The van der Waals surface area contributed by atoms with Crippen molar-refractivity contribution in [3.63, 3.8) is 0 Å². The van der Waals surface area contributed by atoms with Crippen LogP contribution in [0.15, 0.2) is 41.4 Å². The van der Waals surface area contributed by atoms with E-state index in [9.17, 15) is 13.2 Å². The first-order valence-corrected chi connectivity index (χ1v) is 10.8. The van der Waals surface area contributed by atoms with Crippen molar-refractivity contribution in [3.05, 3.63) is 47.1 Å². The number of rotatable bonds is 6. The SMILES string of the molecule is COc1cc(Cl)ccc1C(=O)NS(=O)(=O)c1ccc(N2CCC(OC)CC2)nc1. The molecular formula is C19H22ClN3O5S. The number of nitrogens with zero attached hydrogens (tertiary/aromatic N) is 2. The molecule has 0 bridgehead atoms. The summed E-state index contributed by atoms with van der Waals surface area (Å²) in [4.78, 5) is 18.7. The highest BCUT2D eigenvalue weighted by Gasteiger charge is 2.23. The van der Waals surface area contributed by atoms with Gasteiger partial charge in [-0.1, -0.05) is 11.6 Å². The Morgan fingerprint density at radius 3 is 2.52 bits per heavy atom. The molecule has 0 unspecified atom stereocenters. The molecule has 10 heteroatoms. The van der Waals surface area contributed by atoms with Gasteiger partial charge in [0.2, 0.25) is 0 Å². The Hall–Kier alpha value is -2.36. The van der Waals surface area contributed by atoms with Crippen LogP contribution in [0.1, 0.15) is 23.2 Å². The molecule has 2 heterocycles. The van der Waals surface area contributed by atoms with E-state index in [0.717, 1.165) is 25.9 Å². The van der Waals surface area contributed by atoms with Gasteiger partial charge in [-0.2, -0.15) is 0 Å². The zero-order chi connectivity index (χ0) is 21.0. The van der Waals surface area contributed by atoms with Crippen molar-refractivity contribution in [1.82, 2.24) is 9.71 Å². The number of halogens is 1. The third-order valence-electron chi connectivity index (χ3n) is 4.77. The second-order valence-electron chi connectivity index (χ2n) is 6.55. The molecule has 0 saturated carbocycles. The lowest BCUT2D eigenvalue weighted by Gasteiger charge is -2.32. The molecular weight excluding hydrogens is 418 g/mol. The highest BCUT2D eigenvalue weighted by atomic mass is 35.5. The molecule has 2 aromatic rings. The van der Waals surface area contributed by atoms with Crippen molar-refractivity contribution in [2.75, 3.05) is 32.2 Å². The molecule has 1 fully saturated rings. The summed E-state index contributed by atoms with van der Waals surface area (Å²) in [5.74, 6) is 0.0477. The van der Waals surface area contributed by atoms with Gasteiger partial charge in [0.15, 0.2) is 0 Å². The second-order valence-corrected chi connectivity index (χ2v) is 8.67. The number of carbonyl (C=O) groups is 1. The fourth-order valence-corrected chi connectivity index (χ4v) is 4.20. The molecule has 3 rings (SSSR count). The van der Waals surface area contributed by atoms with Crippen LogP contribution < -0.4 is 14.4 Å². The summed E-state index contributed by atoms with van der Waals surface area (Å²) in [6.07, 6.45) is 3.26. The summed E-state index contributed by atoms with van der Waals surface area (Å²) in [6, 6.07) is 7.38. The third kappa shape index (κ3) is 4.98. The number of sulfonamides is 1. The Balaban J connectivity index is 1.72. The molecule has 0 aliphatic carbocycles. The van der Waals surface area contributed by atoms with Crippen molar-refractivity contribution >= 4 is 33.3 Å². The van der Waals surface area contributed by atoms with E-state index in [1.54, 1.807) is 13.2 Å². The Morgan fingerprint density at radius 1 is 1.21 bits per heavy atom. The van der Waals surface area contributed by atoms with Gasteiger partial charge >= 0.3 is 0 Å². The number of hydrogen-bond donors (Lipinski definition) is 1. The van der Waals surface area contributed by atoms with Gasteiger partial charge in [-0.25, -0.2) is 18.1 Å². The maximum Gasteiger partial charge on any atom is 0.268 e. The fourth-order valence-electron chi connectivity index (χ4n) is 3.13. The third-order valence-corrected chi connectivity index (χ3v) is 6.32. The van der Waals surface area contributed by atoms with E-state index in [1.165, 1.54) is 37.6 Å². The number of piperidine rings is 1. The summed E-state index contributed by atoms with van der Waals surface area (Å²) in [5.41, 5.74) is 0.0612. The van der Waals surface area contributed by atoms with Gasteiger partial charge < -0.3 is 14.4 Å². The van der Waals surface area contributed by atoms with Crippen LogP contribution in [0.3, 0.4) is 0 Å². The summed E-state index contributed by atoms with van der Waals surface area (Å²) in [5, 5.41) is 0.371. The van der Waals surface area contributed by atoms with E-state index < -0.39 is 15.9 Å². The van der Waals surface area contributed by atoms with Crippen molar-refractivity contribution in [2.24, 2.45) is 0 Å². The van der Waals surface area contributed by atoms with Crippen LogP contribution in [-0.4, -0.2) is 52.7 Å². The predicted molar refractivity (Wildman–Crippen MR) is 109 cm³/mol. The van der Waals surface area contributed by atoms with Gasteiger partial charge in [-0.3, -0.25) is 4.79 Å². The molecule has 8 nitrogen and oxygen atoms in total. The first-order valence-electron chi connectivity index (χ1n) is 8.98. The Kier molecular flexibility index (Phi) is 6.61. The number of pyridine rings is 1. The Morgan fingerprint density at radius 2 is 1.93 bits per heavy atom. The van der Waals surface area contributed by atoms with Crippen LogP contribution in [0.25, 0.3) is 0 Å². The molecule has 1 aliphatic rings. The predicted octanol–water partition coefficient (Wildman–Crippen LogP) is 2.48. The molecule has 1 saturated heterocycles. The number of methoxy groups -OCH3 is 2. The maximum absolute atomic E-state index is 12.6. The van der Waals surface area contributed by atoms with Crippen molar-refractivity contribution in [2.45, 2.75) is 23.8 Å². The minimum atomic E-state index is -4.09. The summed E-state index contributed by atoms with van der Waals surface area (Å²) < 4.78 is 37.7. The number of ether oxygens (including phenoxy) is 2. The molecule has 29 heavy (non-hydrogen) atoms. The van der Waals surface area contributed by atoms with E-state index in [-0.39, 0.29) is 22.3 Å². The first-order chi connectivity index (χ1) is 13.8. The Bertz CT molecular complexity index is 974. The van der Waals surface area contributed by atoms with E-state index in [1.807, 2.05) is 4.72 Å². The zero-order valence-corrected chi connectivity index (χ0v) is 17.7. The van der Waals surface area contributed by atoms with Crippen LogP contribution in [-0.2, 0) is 14.8 Å². The van der Waals surface area contributed by atoms with Gasteiger partial charge in [0.1, 0.15) is 16.5 Å². The van der Waals surface area contributed by atoms with Crippen LogP contribution in [0.4, 0.5) is 5.82 Å². The van der Waals surface area contributed by atoms with Gasteiger partial charge in [-0.15, -0.1) is 0 Å². The fraction of sp³-hybridized carbons (Fsp3) is 0.368. The first kappa shape index (κ1) is 21.4. The number of amides is 1. The van der Waals surface area contributed by atoms with Crippen LogP contribution >= 0.6 is 11.6 Å². The van der Waals surface area contributed by atoms with Crippen molar-refractivity contribution < 1.29 is 22.7 Å². The number of benzene rings is 1. The van der Waals surface area contributed by atoms with E-state index in [2.05, 4.69) is 9.88 Å². The molecule has 1 N–H and O–H groups in total. The molecule has 0 spiro atoms. The topological polar surface area (TPSA) is 97.8 Å². The minimum absolute atomic E-state index is 0.0612. The maximum atomic E-state index is 12.6. The zero-order valence-electron chi connectivity index (χ0n) is 16.1. The summed E-state index contributed by atoms with van der Waals surface area (Å²) >= 11 is 5.88. The van der Waals surface area contributed by atoms with E-state index >= 15 is 0 Å². The largest absolute Gasteiger partial charge is 0.496 e. The van der Waals surface area contributed by atoms with E-state index in [0.29, 0.717) is 10.8 Å². The number of anilines is 1. The lowest BCUT2D eigenvalue weighted by atomic mass is 10.1. The van der Waals surface area contributed by atoms with Crippen LogP contribution in [0, 0.1) is 0 Å². The minimum Gasteiger partial charge on any atom is -0.496 e. The highest BCUT2D eigenvalue weighted by molar-refractivity contribution is 7.90. The highest BCUT2D eigenvalue weighted by Crippen LogP contribution is 2.24. The average Bonchev–Trinajstić information content (AvgIpc) is 2.73. The molecule has 1 amide bonds. The van der Waals surface area contributed by atoms with Crippen molar-refractivity contribution in [1.29, 1.82) is 0 Å². The van der Waals surface area contributed by atoms with Gasteiger partial charge in [0.05, 0.1) is 18.8 Å². The lowest BCUT2D eigenvalue weighted by Crippen LogP contribution is -2.37. The number of nitrogens with one attached hydrogen (secondary N) is 1. The molecule has 156 valence electrons. The quantitative estimate of drug-likeness (QED) is 0.738. The Labute approximate surface area is 174 Å². The normalized spacial score (nSPS) is 15.2. The molecule has 1 aromatic heterocycles. The average molecular weight is 440 g/mol. The summed E-state index contributed by atoms with van der Waals surface area (Å²) in [7, 11) is -1.02. The smallest absolute Gasteiger partial charge is 0.268 e. The molecule has 1 aromatic carbocycles. The van der Waals surface area contributed by atoms with E-state index in [4.69, 9.17) is 21.1 Å². The van der Waals surface area contributed by atoms with Crippen LogP contribution in [0.2, 0.25) is 5.02 Å². The van der Waals surface area contributed by atoms with Crippen LogP contribution in [0.5, 0.6) is 5.75 Å². The molecule has 1 aliphatic heterocycles. The second kappa shape index (κ2) is 8.98. The van der Waals surface area contributed by atoms with Gasteiger partial charge in [-0.05, 0) is 43.2 Å². The molecule has 0 radical (unpaired) electrons. The molecule has 0 atom stereocenters. The monoisotopic (exact) mass is 439 g/mol. The number of aromatic nitrogens is 1. The van der Waals surface area contributed by atoms with Gasteiger partial charge in [0, 0.05) is 31.4 Å². The summed E-state index contributed by atoms with van der Waals surface area (Å²) in [6.45, 7) is 1.56. The standard InChI is InChI=1S/C19H22ClN3O5S/c1-27-14-7-9-23(10-8-14)18-6-4-15(12-21-18)29(25,26)22-19(24)16-5-3-13(20)11-17(16)28-2/h3-6,11-12,14H,7-10H2,1-2H3,(H,22,24). The lowest BCUT2D eigenvalue weighted by molar-refractivity contribution is 0.0818. The number of hydrogen-bond acceptors (Lipinski definition) is 7.